The Kier molecular flexibility index (Phi) is 8.20. The number of carbonyl (C=O) groups excluding carboxylic acids is 1. The lowest BCUT2D eigenvalue weighted by Gasteiger charge is -2.18. The van der Waals surface area contributed by atoms with Crippen molar-refractivity contribution in [2.75, 3.05) is 25.6 Å². The topological polar surface area (TPSA) is 132 Å². The number of H-pyrrole nitrogens is 1. The molecule has 0 saturated carbocycles. The van der Waals surface area contributed by atoms with Crippen LogP contribution in [0.4, 0.5) is 0 Å². The Hall–Kier alpha value is -4.38. The molecule has 0 fully saturated rings. The van der Waals surface area contributed by atoms with E-state index in [2.05, 4.69) is 0 Å². The van der Waals surface area contributed by atoms with Crippen molar-refractivity contribution in [2.45, 2.75) is 20.1 Å². The highest BCUT2D eigenvalue weighted by atomic mass is 32.2. The molecule has 0 aliphatic carbocycles. The molecule has 0 atom stereocenters. The molecular formula is C28H29N3O7S. The van der Waals surface area contributed by atoms with Gasteiger partial charge in [-0.2, -0.15) is 0 Å². The van der Waals surface area contributed by atoms with E-state index in [1.54, 1.807) is 37.4 Å². The Morgan fingerprint density at radius 1 is 1.03 bits per heavy atom. The summed E-state index contributed by atoms with van der Waals surface area (Å²) >= 11 is 0. The number of aromatic amines is 1. The largest absolute Gasteiger partial charge is 0.489 e. The predicted molar refractivity (Wildman–Crippen MR) is 147 cm³/mol. The molecule has 1 N–H and O–H groups in total. The van der Waals surface area contributed by atoms with Crippen molar-refractivity contribution in [1.82, 2.24) is 14.6 Å². The quantitative estimate of drug-likeness (QED) is 0.321. The van der Waals surface area contributed by atoms with E-state index < -0.39 is 21.3 Å². The monoisotopic (exact) mass is 551 g/mol. The van der Waals surface area contributed by atoms with Crippen LogP contribution in [-0.2, 0) is 23.0 Å². The van der Waals surface area contributed by atoms with Crippen molar-refractivity contribution < 1.29 is 22.5 Å². The normalized spacial score (nSPS) is 11.4. The van der Waals surface area contributed by atoms with Gasteiger partial charge in [-0.05, 0) is 65.1 Å². The molecule has 11 heteroatoms. The summed E-state index contributed by atoms with van der Waals surface area (Å²) in [6.07, 6.45) is 1.15. The van der Waals surface area contributed by atoms with E-state index in [0.29, 0.717) is 17.9 Å². The number of hydrogen-bond donors (Lipinski definition) is 1. The van der Waals surface area contributed by atoms with E-state index >= 15 is 0 Å². The van der Waals surface area contributed by atoms with Gasteiger partial charge in [0.15, 0.2) is 0 Å². The summed E-state index contributed by atoms with van der Waals surface area (Å²) in [5.41, 5.74) is 4.50. The van der Waals surface area contributed by atoms with Gasteiger partial charge in [0.1, 0.15) is 22.2 Å². The van der Waals surface area contributed by atoms with Gasteiger partial charge in [0, 0.05) is 25.4 Å². The number of sulfone groups is 1. The maximum absolute atomic E-state index is 12.7. The minimum Gasteiger partial charge on any atom is -0.489 e. The van der Waals surface area contributed by atoms with E-state index in [4.69, 9.17) is 9.26 Å². The second-order valence-corrected chi connectivity index (χ2v) is 11.6. The van der Waals surface area contributed by atoms with E-state index in [0.717, 1.165) is 38.8 Å². The van der Waals surface area contributed by atoms with Crippen molar-refractivity contribution in [3.05, 3.63) is 110 Å². The summed E-state index contributed by atoms with van der Waals surface area (Å²) in [5.74, 6) is -0.465. The number of rotatable bonds is 10. The van der Waals surface area contributed by atoms with Crippen LogP contribution in [0.1, 0.15) is 27.0 Å². The molecule has 0 radical (unpaired) electrons. The molecule has 39 heavy (non-hydrogen) atoms. The molecule has 4 aromatic rings. The van der Waals surface area contributed by atoms with E-state index in [-0.39, 0.29) is 24.7 Å². The van der Waals surface area contributed by atoms with Gasteiger partial charge in [0.05, 0.1) is 12.3 Å². The third-order valence-electron chi connectivity index (χ3n) is 6.14. The molecule has 0 aliphatic heterocycles. The Balaban J connectivity index is 1.40. The maximum atomic E-state index is 12.7. The fraction of sp³-hybridized carbons (Fsp3) is 0.250. The number of aryl methyl sites for hydroxylation is 1. The van der Waals surface area contributed by atoms with E-state index in [9.17, 15) is 22.8 Å². The first-order valence-corrected chi connectivity index (χ1v) is 14.2. The fourth-order valence-corrected chi connectivity index (χ4v) is 4.62. The number of hydrogen-bond acceptors (Lipinski definition) is 7. The number of aromatic nitrogens is 2. The van der Waals surface area contributed by atoms with Crippen LogP contribution in [0.3, 0.4) is 0 Å². The van der Waals surface area contributed by atoms with Gasteiger partial charge in [-0.3, -0.25) is 4.79 Å². The number of carbonyl (C=O) groups is 1. The summed E-state index contributed by atoms with van der Waals surface area (Å²) in [7, 11) is -1.56. The lowest BCUT2D eigenvalue weighted by atomic mass is 9.97. The number of ether oxygens (including phenoxy) is 1. The molecule has 10 nitrogen and oxygen atoms in total. The molecule has 204 valence electrons. The van der Waals surface area contributed by atoms with Gasteiger partial charge in [-0.25, -0.2) is 23.0 Å². The van der Waals surface area contributed by atoms with E-state index in [1.807, 2.05) is 48.3 Å². The molecule has 0 bridgehead atoms. The molecule has 0 saturated heterocycles. The number of nitrogens with zero attached hydrogens (tertiary/aromatic N) is 2. The molecule has 4 rings (SSSR count). The van der Waals surface area contributed by atoms with Gasteiger partial charge in [-0.15, -0.1) is 4.74 Å². The Bertz CT molecular complexity index is 1700. The number of benzene rings is 3. The van der Waals surface area contributed by atoms with Gasteiger partial charge >= 0.3 is 11.4 Å². The molecule has 3 aromatic carbocycles. The van der Waals surface area contributed by atoms with Gasteiger partial charge in [0.25, 0.3) is 5.91 Å². The summed E-state index contributed by atoms with van der Waals surface area (Å²) in [5, 5.41) is 0. The predicted octanol–water partition coefficient (Wildman–Crippen LogP) is 2.85. The summed E-state index contributed by atoms with van der Waals surface area (Å²) in [4.78, 5) is 38.9. The minimum atomic E-state index is -3.16. The van der Waals surface area contributed by atoms with Crippen molar-refractivity contribution in [2.24, 2.45) is 0 Å². The first-order valence-electron chi connectivity index (χ1n) is 12.1. The third-order valence-corrected chi connectivity index (χ3v) is 7.06. The Morgan fingerprint density at radius 3 is 2.41 bits per heavy atom. The van der Waals surface area contributed by atoms with Crippen molar-refractivity contribution in [3.63, 3.8) is 0 Å². The minimum absolute atomic E-state index is 0.0836. The van der Waals surface area contributed by atoms with Crippen LogP contribution in [0.15, 0.2) is 80.8 Å². The Labute approximate surface area is 225 Å². The number of nitrogens with one attached hydrogen (secondary N) is 1. The SMILES string of the molecule is Cc1cc(C(=O)N(C)CCS(C)(=O)=O)ccc1-c1cccc(COc2ccc(Cn3oc(=O)[nH]c3=O)cc2)c1. The zero-order chi connectivity index (χ0) is 28.2. The first-order chi connectivity index (χ1) is 18.5. The second-order valence-electron chi connectivity index (χ2n) is 9.36. The van der Waals surface area contributed by atoms with Crippen LogP contribution < -0.4 is 16.2 Å². The van der Waals surface area contributed by atoms with Crippen LogP contribution in [0, 0.1) is 6.92 Å². The van der Waals surface area contributed by atoms with Crippen LogP contribution in [0.5, 0.6) is 5.75 Å². The van der Waals surface area contributed by atoms with Crippen molar-refractivity contribution in [1.29, 1.82) is 0 Å². The molecule has 1 heterocycles. The highest BCUT2D eigenvalue weighted by molar-refractivity contribution is 7.90. The third kappa shape index (κ3) is 7.35. The molecule has 1 aromatic heterocycles. The second kappa shape index (κ2) is 11.6. The van der Waals surface area contributed by atoms with E-state index in [1.165, 1.54) is 4.90 Å². The lowest BCUT2D eigenvalue weighted by molar-refractivity contribution is 0.0803. The van der Waals surface area contributed by atoms with Gasteiger partial charge in [0.2, 0.25) is 0 Å². The zero-order valence-corrected chi connectivity index (χ0v) is 22.7. The molecule has 0 spiro atoms. The molecular weight excluding hydrogens is 522 g/mol. The van der Waals surface area contributed by atoms with Crippen LogP contribution in [0.2, 0.25) is 0 Å². The molecule has 1 amide bonds. The number of amides is 1. The van der Waals surface area contributed by atoms with Gasteiger partial charge < -0.3 is 14.2 Å². The Morgan fingerprint density at radius 2 is 1.77 bits per heavy atom. The average Bonchev–Trinajstić information content (AvgIpc) is 3.22. The van der Waals surface area contributed by atoms with Gasteiger partial charge in [-0.1, -0.05) is 36.4 Å². The van der Waals surface area contributed by atoms with Crippen molar-refractivity contribution in [3.8, 4) is 16.9 Å². The van der Waals surface area contributed by atoms with Crippen molar-refractivity contribution >= 4 is 15.7 Å². The average molecular weight is 552 g/mol. The lowest BCUT2D eigenvalue weighted by Crippen LogP contribution is -2.31. The summed E-state index contributed by atoms with van der Waals surface area (Å²) < 4.78 is 34.5. The zero-order valence-electron chi connectivity index (χ0n) is 21.8. The van der Waals surface area contributed by atoms with Crippen LogP contribution >= 0.6 is 0 Å². The highest BCUT2D eigenvalue weighted by Gasteiger charge is 2.15. The summed E-state index contributed by atoms with van der Waals surface area (Å²) in [6, 6.07) is 20.5. The maximum Gasteiger partial charge on any atom is 0.440 e. The first kappa shape index (κ1) is 27.6. The fourth-order valence-electron chi connectivity index (χ4n) is 4.02. The standard InChI is InChI=1S/C28H29N3O7S/c1-19-15-23(26(32)30(2)13-14-39(3,35)36)9-12-25(19)22-6-4-5-21(16-22)18-37-24-10-7-20(8-11-24)17-31-27(33)29-28(34)38-31/h4-12,15-16H,13-14,17-18H2,1-3H3,(H,29,33,34). The van der Waals surface area contributed by atoms with Crippen LogP contribution in [0.25, 0.3) is 11.1 Å². The molecule has 0 aliphatic rings. The highest BCUT2D eigenvalue weighted by Crippen LogP contribution is 2.26. The molecule has 0 unspecified atom stereocenters. The smallest absolute Gasteiger partial charge is 0.440 e. The van der Waals surface area contributed by atoms with Crippen LogP contribution in [-0.4, -0.2) is 54.5 Å². The summed E-state index contributed by atoms with van der Waals surface area (Å²) in [6.45, 7) is 2.52.